The minimum absolute atomic E-state index is 0.217. The van der Waals surface area contributed by atoms with Gasteiger partial charge in [-0.25, -0.2) is 13.2 Å². The quantitative estimate of drug-likeness (QED) is 0.827. The van der Waals surface area contributed by atoms with Crippen LogP contribution in [0.4, 0.5) is 4.79 Å². The van der Waals surface area contributed by atoms with Gasteiger partial charge in [0.15, 0.2) is 9.84 Å². The molecule has 0 saturated carbocycles. The van der Waals surface area contributed by atoms with E-state index in [1.54, 1.807) is 46.8 Å². The fourth-order valence-electron chi connectivity index (χ4n) is 1.98. The molecule has 0 heterocycles. The molecule has 0 aromatic heterocycles. The molecule has 7 nitrogen and oxygen atoms in total. The summed E-state index contributed by atoms with van der Waals surface area (Å²) in [5.74, 6) is -0.370. The topological polar surface area (TPSA) is 102 Å². The Bertz CT molecular complexity index is 720. The molecule has 0 bridgehead atoms. The summed E-state index contributed by atoms with van der Waals surface area (Å²) in [5.41, 5.74) is 0.111. The third-order valence-corrected chi connectivity index (χ3v) is 4.42. The van der Waals surface area contributed by atoms with Gasteiger partial charge in [-0.1, -0.05) is 12.1 Å². The van der Waals surface area contributed by atoms with Crippen LogP contribution in [0.15, 0.2) is 29.2 Å². The number of sulfone groups is 1. The highest BCUT2D eigenvalue weighted by molar-refractivity contribution is 7.90. The summed E-state index contributed by atoms with van der Waals surface area (Å²) < 4.78 is 28.0. The van der Waals surface area contributed by atoms with Gasteiger partial charge in [0.1, 0.15) is 11.6 Å². The number of benzene rings is 1. The summed E-state index contributed by atoms with van der Waals surface area (Å²) in [7, 11) is -3.26. The lowest BCUT2D eigenvalue weighted by molar-refractivity contribution is -0.123. The first-order chi connectivity index (χ1) is 11.3. The molecule has 0 fully saturated rings. The number of hydrogen-bond acceptors (Lipinski definition) is 5. The van der Waals surface area contributed by atoms with E-state index in [1.165, 1.54) is 12.1 Å². The van der Waals surface area contributed by atoms with Crippen molar-refractivity contribution in [1.82, 2.24) is 10.6 Å². The Morgan fingerprint density at radius 1 is 1.04 bits per heavy atom. The highest BCUT2D eigenvalue weighted by Gasteiger charge is 2.22. The molecule has 0 aliphatic carbocycles. The van der Waals surface area contributed by atoms with Crippen LogP contribution in [0.3, 0.4) is 0 Å². The Kier molecular flexibility index (Phi) is 6.59. The molecule has 2 amide bonds. The third kappa shape index (κ3) is 7.13. The number of rotatable bonds is 5. The standard InChI is InChI=1S/C17H26N2O5S/c1-11(13-7-9-14(10-8-13)25(6,22)23)18-15(20)12(2)19-16(21)24-17(3,4)5/h7-12H,1-6H3,(H,18,20)(H,19,21)/t11?,12-/m1/s1. The lowest BCUT2D eigenvalue weighted by Gasteiger charge is -2.22. The lowest BCUT2D eigenvalue weighted by Crippen LogP contribution is -2.47. The van der Waals surface area contributed by atoms with Gasteiger partial charge in [0.25, 0.3) is 0 Å². The number of hydrogen-bond donors (Lipinski definition) is 2. The van der Waals surface area contributed by atoms with E-state index in [1.807, 2.05) is 0 Å². The third-order valence-electron chi connectivity index (χ3n) is 3.29. The maximum atomic E-state index is 12.2. The normalized spacial score (nSPS) is 14.3. The fourth-order valence-corrected chi connectivity index (χ4v) is 2.61. The first-order valence-corrected chi connectivity index (χ1v) is 9.78. The molecule has 2 atom stereocenters. The summed E-state index contributed by atoms with van der Waals surface area (Å²) in [5, 5.41) is 5.23. The zero-order valence-corrected chi connectivity index (χ0v) is 16.2. The van der Waals surface area contributed by atoms with E-state index in [2.05, 4.69) is 10.6 Å². The van der Waals surface area contributed by atoms with Crippen molar-refractivity contribution in [2.45, 2.75) is 57.2 Å². The summed E-state index contributed by atoms with van der Waals surface area (Å²) in [6, 6.07) is 5.17. The van der Waals surface area contributed by atoms with Crippen LogP contribution in [-0.2, 0) is 19.4 Å². The van der Waals surface area contributed by atoms with Gasteiger partial charge in [-0.3, -0.25) is 4.79 Å². The van der Waals surface area contributed by atoms with E-state index in [4.69, 9.17) is 4.74 Å². The van der Waals surface area contributed by atoms with Crippen LogP contribution in [-0.4, -0.2) is 38.3 Å². The first-order valence-electron chi connectivity index (χ1n) is 7.89. The fraction of sp³-hybridized carbons (Fsp3) is 0.529. The molecule has 0 aliphatic rings. The minimum Gasteiger partial charge on any atom is -0.444 e. The number of alkyl carbamates (subject to hydrolysis) is 1. The van der Waals surface area contributed by atoms with Crippen LogP contribution in [0.1, 0.15) is 46.2 Å². The average molecular weight is 370 g/mol. The molecule has 1 unspecified atom stereocenters. The van der Waals surface area contributed by atoms with E-state index < -0.39 is 27.6 Å². The van der Waals surface area contributed by atoms with Crippen molar-refractivity contribution in [2.75, 3.05) is 6.26 Å². The highest BCUT2D eigenvalue weighted by Crippen LogP contribution is 2.16. The molecular weight excluding hydrogens is 344 g/mol. The van der Waals surface area contributed by atoms with Gasteiger partial charge >= 0.3 is 6.09 Å². The molecule has 8 heteroatoms. The van der Waals surface area contributed by atoms with Crippen LogP contribution in [0.2, 0.25) is 0 Å². The SMILES string of the molecule is CC(NC(=O)[C@@H](C)NC(=O)OC(C)(C)C)c1ccc(S(C)(=O)=O)cc1. The zero-order valence-electron chi connectivity index (χ0n) is 15.4. The Morgan fingerprint density at radius 3 is 2.00 bits per heavy atom. The van der Waals surface area contributed by atoms with Gasteiger partial charge in [-0.2, -0.15) is 0 Å². The van der Waals surface area contributed by atoms with Crippen molar-refractivity contribution in [1.29, 1.82) is 0 Å². The average Bonchev–Trinajstić information content (AvgIpc) is 2.44. The second kappa shape index (κ2) is 7.86. The molecular formula is C17H26N2O5S. The highest BCUT2D eigenvalue weighted by atomic mass is 32.2. The molecule has 0 aliphatic heterocycles. The minimum atomic E-state index is -3.26. The van der Waals surface area contributed by atoms with Crippen molar-refractivity contribution >= 4 is 21.8 Å². The number of carbonyl (C=O) groups is 2. The van der Waals surface area contributed by atoms with Crippen molar-refractivity contribution in [2.24, 2.45) is 0 Å². The van der Waals surface area contributed by atoms with E-state index in [9.17, 15) is 18.0 Å². The monoisotopic (exact) mass is 370 g/mol. The van der Waals surface area contributed by atoms with Crippen molar-refractivity contribution in [3.8, 4) is 0 Å². The largest absolute Gasteiger partial charge is 0.444 e. The zero-order chi connectivity index (χ0) is 19.4. The van der Waals surface area contributed by atoms with Gasteiger partial charge < -0.3 is 15.4 Å². The Hall–Kier alpha value is -2.09. The van der Waals surface area contributed by atoms with Gasteiger partial charge in [0, 0.05) is 6.26 Å². The van der Waals surface area contributed by atoms with Crippen molar-refractivity contribution in [3.63, 3.8) is 0 Å². The Balaban J connectivity index is 2.65. The van der Waals surface area contributed by atoms with Gasteiger partial charge in [0.05, 0.1) is 10.9 Å². The first kappa shape index (κ1) is 21.0. The van der Waals surface area contributed by atoms with Crippen LogP contribution < -0.4 is 10.6 Å². The molecule has 140 valence electrons. The van der Waals surface area contributed by atoms with E-state index >= 15 is 0 Å². The van der Waals surface area contributed by atoms with Gasteiger partial charge in [-0.15, -0.1) is 0 Å². The second-order valence-electron chi connectivity index (χ2n) is 6.94. The molecule has 0 spiro atoms. The van der Waals surface area contributed by atoms with Crippen LogP contribution in [0, 0.1) is 0 Å². The molecule has 0 radical (unpaired) electrons. The summed E-state index contributed by atoms with van der Waals surface area (Å²) >= 11 is 0. The van der Waals surface area contributed by atoms with Crippen molar-refractivity contribution < 1.29 is 22.7 Å². The van der Waals surface area contributed by atoms with Crippen LogP contribution >= 0.6 is 0 Å². The van der Waals surface area contributed by atoms with E-state index in [0.29, 0.717) is 0 Å². The van der Waals surface area contributed by atoms with E-state index in [0.717, 1.165) is 11.8 Å². The predicted octanol–water partition coefficient (Wildman–Crippen LogP) is 2.18. The summed E-state index contributed by atoms with van der Waals surface area (Å²) in [4.78, 5) is 24.1. The number of nitrogens with one attached hydrogen (secondary N) is 2. The predicted molar refractivity (Wildman–Crippen MR) is 94.9 cm³/mol. The molecule has 1 aromatic carbocycles. The molecule has 1 rings (SSSR count). The van der Waals surface area contributed by atoms with Gasteiger partial charge in [-0.05, 0) is 52.3 Å². The molecule has 25 heavy (non-hydrogen) atoms. The lowest BCUT2D eigenvalue weighted by atomic mass is 10.1. The summed E-state index contributed by atoms with van der Waals surface area (Å²) in [6.45, 7) is 8.53. The maximum absolute atomic E-state index is 12.2. The van der Waals surface area contributed by atoms with Crippen LogP contribution in [0.5, 0.6) is 0 Å². The maximum Gasteiger partial charge on any atom is 0.408 e. The van der Waals surface area contributed by atoms with E-state index in [-0.39, 0.29) is 16.8 Å². The summed E-state index contributed by atoms with van der Waals surface area (Å²) in [6.07, 6.45) is 0.470. The van der Waals surface area contributed by atoms with Crippen molar-refractivity contribution in [3.05, 3.63) is 29.8 Å². The molecule has 0 saturated heterocycles. The number of ether oxygens (including phenoxy) is 1. The molecule has 2 N–H and O–H groups in total. The number of amides is 2. The van der Waals surface area contributed by atoms with Crippen LogP contribution in [0.25, 0.3) is 0 Å². The number of carbonyl (C=O) groups excluding carboxylic acids is 2. The van der Waals surface area contributed by atoms with Gasteiger partial charge in [0.2, 0.25) is 5.91 Å². The molecule has 1 aromatic rings. The Morgan fingerprint density at radius 2 is 1.56 bits per heavy atom. The Labute approximate surface area is 149 Å². The smallest absolute Gasteiger partial charge is 0.408 e. The second-order valence-corrected chi connectivity index (χ2v) is 8.96.